The summed E-state index contributed by atoms with van der Waals surface area (Å²) in [4.78, 5) is 104. The van der Waals surface area contributed by atoms with E-state index in [1.165, 1.54) is 0 Å². The topological polar surface area (TPSA) is 180 Å². The Labute approximate surface area is 282 Å². The van der Waals surface area contributed by atoms with Crippen molar-refractivity contribution in [1.82, 2.24) is 0 Å². The fourth-order valence-corrected chi connectivity index (χ4v) is 5.81. The third kappa shape index (κ3) is 6.47. The van der Waals surface area contributed by atoms with Crippen molar-refractivity contribution in [3.8, 4) is 0 Å². The van der Waals surface area contributed by atoms with Crippen LogP contribution in [0.5, 0.6) is 0 Å². The van der Waals surface area contributed by atoms with Gasteiger partial charge in [-0.05, 0) is 49.2 Å². The van der Waals surface area contributed by atoms with Gasteiger partial charge in [0, 0.05) is 0 Å². The molecular weight excluding hydrogens is 706 g/mol. The molecule has 1 spiro atoms. The molecule has 2 aliphatic rings. The smallest absolute Gasteiger partial charge is 0.400 e. The van der Waals surface area contributed by atoms with Crippen molar-refractivity contribution in [3.05, 3.63) is 58.7 Å². The van der Waals surface area contributed by atoms with Crippen LogP contribution < -0.4 is 9.80 Å². The van der Waals surface area contributed by atoms with Crippen LogP contribution in [0.25, 0.3) is 0 Å². The third-order valence-electron chi connectivity index (χ3n) is 8.30. The van der Waals surface area contributed by atoms with Crippen LogP contribution in [-0.4, -0.2) is 88.3 Å². The number of anilines is 2. The van der Waals surface area contributed by atoms with Crippen LogP contribution in [-0.2, 0) is 38.1 Å². The molecule has 0 saturated carbocycles. The van der Waals surface area contributed by atoms with Crippen LogP contribution in [0.3, 0.4) is 0 Å². The van der Waals surface area contributed by atoms with Crippen LogP contribution in [0.1, 0.15) is 54.3 Å². The highest BCUT2D eigenvalue weighted by molar-refractivity contribution is 6.32. The van der Waals surface area contributed by atoms with E-state index >= 15 is 0 Å². The van der Waals surface area contributed by atoms with Crippen molar-refractivity contribution < 1.29 is 83.6 Å². The molecule has 0 aliphatic carbocycles. The lowest BCUT2D eigenvalue weighted by atomic mass is 9.65. The molecule has 2 atom stereocenters. The standard InChI is InChI=1S/C31H24F6N2O12/c1-48-23(42)15-7-5-13(9-17(15)25(44)50-3)38-21(40)19(30(32,33)34)11-29(27(38)46)12-20(31(35,36)37)22(41)39(28(29)47)14-6-8-16(24(43)49-2)18(10-14)26(45)51-4/h5-10,19-20H,11-12H2,1-4H3. The summed E-state index contributed by atoms with van der Waals surface area (Å²) in [5, 5.41) is 0. The first-order valence-corrected chi connectivity index (χ1v) is 14.2. The van der Waals surface area contributed by atoms with Crippen molar-refractivity contribution in [3.63, 3.8) is 0 Å². The predicted molar refractivity (Wildman–Crippen MR) is 154 cm³/mol. The fraction of sp³-hybridized carbons (Fsp3) is 0.355. The first kappa shape index (κ1) is 38.0. The Kier molecular flexibility index (Phi) is 10.0. The maximum absolute atomic E-state index is 14.5. The first-order valence-electron chi connectivity index (χ1n) is 14.2. The van der Waals surface area contributed by atoms with Gasteiger partial charge in [-0.25, -0.2) is 29.0 Å². The van der Waals surface area contributed by atoms with E-state index in [4.69, 9.17) is 0 Å². The molecule has 0 bridgehead atoms. The van der Waals surface area contributed by atoms with Crippen LogP contribution >= 0.6 is 0 Å². The number of hydrogen-bond acceptors (Lipinski definition) is 12. The minimum atomic E-state index is -5.60. The van der Waals surface area contributed by atoms with Gasteiger partial charge >= 0.3 is 36.2 Å². The average molecular weight is 731 g/mol. The Balaban J connectivity index is 2.02. The molecule has 4 rings (SSSR count). The zero-order valence-electron chi connectivity index (χ0n) is 26.6. The molecule has 0 N–H and O–H groups in total. The minimum absolute atomic E-state index is 0.255. The van der Waals surface area contributed by atoms with Crippen LogP contribution in [0, 0.1) is 17.3 Å². The molecule has 2 aliphatic heterocycles. The van der Waals surface area contributed by atoms with Gasteiger partial charge in [-0.1, -0.05) is 0 Å². The van der Waals surface area contributed by atoms with Crippen molar-refractivity contribution in [1.29, 1.82) is 0 Å². The monoisotopic (exact) mass is 730 g/mol. The van der Waals surface area contributed by atoms with E-state index in [2.05, 4.69) is 18.9 Å². The van der Waals surface area contributed by atoms with E-state index in [0.29, 0.717) is 24.3 Å². The normalized spacial score (nSPS) is 21.1. The largest absolute Gasteiger partial charge is 0.465 e. The van der Waals surface area contributed by atoms with Crippen molar-refractivity contribution in [2.75, 3.05) is 38.2 Å². The number of alkyl halides is 6. The van der Waals surface area contributed by atoms with Crippen molar-refractivity contribution >= 4 is 58.9 Å². The highest BCUT2D eigenvalue weighted by atomic mass is 19.4. The number of carbonyl (C=O) groups excluding carboxylic acids is 8. The predicted octanol–water partition coefficient (Wildman–Crippen LogP) is 3.40. The van der Waals surface area contributed by atoms with Crippen LogP contribution in [0.15, 0.2) is 36.4 Å². The van der Waals surface area contributed by atoms with E-state index in [-0.39, 0.29) is 9.80 Å². The molecule has 51 heavy (non-hydrogen) atoms. The van der Waals surface area contributed by atoms with Gasteiger partial charge in [0.1, 0.15) is 17.3 Å². The number of imide groups is 2. The second-order valence-corrected chi connectivity index (χ2v) is 11.1. The first-order chi connectivity index (χ1) is 23.7. The number of piperidine rings is 2. The maximum Gasteiger partial charge on any atom is 0.400 e. The second-order valence-electron chi connectivity index (χ2n) is 11.1. The van der Waals surface area contributed by atoms with Gasteiger partial charge < -0.3 is 18.9 Å². The van der Waals surface area contributed by atoms with Gasteiger partial charge in [0.05, 0.1) is 62.1 Å². The van der Waals surface area contributed by atoms with Crippen molar-refractivity contribution in [2.24, 2.45) is 17.3 Å². The Bertz CT molecular complexity index is 1740. The molecule has 0 aromatic heterocycles. The number of carbonyl (C=O) groups is 8. The second kappa shape index (κ2) is 13.5. The molecule has 20 heteroatoms. The van der Waals surface area contributed by atoms with E-state index < -0.39 is 124 Å². The quantitative estimate of drug-likeness (QED) is 0.139. The molecule has 2 aromatic rings. The molecule has 0 radical (unpaired) electrons. The highest BCUT2D eigenvalue weighted by Gasteiger charge is 2.69. The molecule has 272 valence electrons. The lowest BCUT2D eigenvalue weighted by Gasteiger charge is -2.48. The molecule has 2 saturated heterocycles. The number of ether oxygens (including phenoxy) is 4. The molecule has 2 heterocycles. The van der Waals surface area contributed by atoms with Crippen LogP contribution in [0.2, 0.25) is 0 Å². The summed E-state index contributed by atoms with van der Waals surface area (Å²) in [5.74, 6) is -19.6. The van der Waals surface area contributed by atoms with Gasteiger partial charge in [-0.2, -0.15) is 26.3 Å². The van der Waals surface area contributed by atoms with Crippen LogP contribution in [0.4, 0.5) is 37.7 Å². The molecular formula is C31H24F6N2O12. The Morgan fingerprint density at radius 1 is 0.569 bits per heavy atom. The SMILES string of the molecule is COC(=O)c1ccc(N2C(=O)C(C(F)(F)F)CC3(CC(C(F)(F)F)C(=O)N(c4ccc(C(=O)OC)c(C(=O)OC)c4)C3=O)C2=O)cc1C(=O)OC. The summed E-state index contributed by atoms with van der Waals surface area (Å²) in [7, 11) is 3.49. The summed E-state index contributed by atoms with van der Waals surface area (Å²) in [6.45, 7) is 0. The number of amides is 4. The number of esters is 4. The molecule has 2 aromatic carbocycles. The Hall–Kier alpha value is -5.82. The number of halogens is 6. The zero-order valence-corrected chi connectivity index (χ0v) is 26.6. The summed E-state index contributed by atoms with van der Waals surface area (Å²) in [6, 6.07) is 4.04. The zero-order chi connectivity index (χ0) is 38.4. The molecule has 14 nitrogen and oxygen atoms in total. The lowest BCUT2D eigenvalue weighted by Crippen LogP contribution is -2.68. The van der Waals surface area contributed by atoms with Gasteiger partial charge in [0.2, 0.25) is 23.6 Å². The number of hydrogen-bond donors (Lipinski definition) is 0. The van der Waals surface area contributed by atoms with Gasteiger partial charge in [0.25, 0.3) is 0 Å². The number of rotatable bonds is 6. The molecule has 4 amide bonds. The van der Waals surface area contributed by atoms with Gasteiger partial charge in [0.15, 0.2) is 0 Å². The number of methoxy groups -OCH3 is 4. The summed E-state index contributed by atoms with van der Waals surface area (Å²) < 4.78 is 105. The Morgan fingerprint density at radius 2 is 0.863 bits per heavy atom. The maximum atomic E-state index is 14.5. The Morgan fingerprint density at radius 3 is 1.14 bits per heavy atom. The van der Waals surface area contributed by atoms with E-state index in [0.717, 1.165) is 40.6 Å². The number of benzene rings is 2. The highest BCUT2D eigenvalue weighted by Crippen LogP contribution is 2.53. The van der Waals surface area contributed by atoms with Gasteiger partial charge in [-0.15, -0.1) is 0 Å². The minimum Gasteiger partial charge on any atom is -0.465 e. The van der Waals surface area contributed by atoms with Crippen molar-refractivity contribution in [2.45, 2.75) is 25.2 Å². The summed E-state index contributed by atoms with van der Waals surface area (Å²) >= 11 is 0. The third-order valence-corrected chi connectivity index (χ3v) is 8.30. The van der Waals surface area contributed by atoms with Gasteiger partial charge in [-0.3, -0.25) is 19.2 Å². The van der Waals surface area contributed by atoms with E-state index in [1.807, 2.05) is 0 Å². The summed E-state index contributed by atoms with van der Waals surface area (Å²) in [5.41, 5.74) is -7.80. The average Bonchev–Trinajstić information content (AvgIpc) is 3.08. The van der Waals surface area contributed by atoms with E-state index in [9.17, 15) is 64.7 Å². The van der Waals surface area contributed by atoms with E-state index in [1.54, 1.807) is 0 Å². The number of nitrogens with zero attached hydrogens (tertiary/aromatic N) is 2. The lowest BCUT2D eigenvalue weighted by molar-refractivity contribution is -0.204. The molecule has 2 unspecified atom stereocenters. The summed E-state index contributed by atoms with van der Waals surface area (Å²) in [6.07, 6.45) is -15.0. The molecule has 2 fully saturated rings. The fourth-order valence-electron chi connectivity index (χ4n) is 5.81.